The molecular formula is C15H32N2O. The van der Waals surface area contributed by atoms with Crippen LogP contribution in [-0.4, -0.2) is 43.8 Å². The van der Waals surface area contributed by atoms with Crippen LogP contribution in [-0.2, 0) is 4.74 Å². The number of ether oxygens (including phenoxy) is 1. The molecule has 3 nitrogen and oxygen atoms in total. The average molecular weight is 256 g/mol. The molecule has 0 aliphatic carbocycles. The Bertz CT molecular complexity index is 193. The molecule has 0 radical (unpaired) electrons. The molecule has 1 aliphatic heterocycles. The summed E-state index contributed by atoms with van der Waals surface area (Å²) in [6.45, 7) is 9.84. The number of nitrogens with zero attached hydrogens (tertiary/aromatic N) is 1. The molecule has 18 heavy (non-hydrogen) atoms. The van der Waals surface area contributed by atoms with E-state index in [2.05, 4.69) is 18.7 Å². The van der Waals surface area contributed by atoms with Crippen molar-refractivity contribution in [3.63, 3.8) is 0 Å². The summed E-state index contributed by atoms with van der Waals surface area (Å²) < 4.78 is 5.71. The minimum absolute atomic E-state index is 0.496. The number of nitrogens with two attached hydrogens (primary N) is 1. The number of likely N-dealkylation sites (N-methyl/N-ethyl adjacent to an activating group) is 1. The van der Waals surface area contributed by atoms with Crippen LogP contribution in [0.3, 0.4) is 0 Å². The van der Waals surface area contributed by atoms with Crippen LogP contribution in [0.25, 0.3) is 0 Å². The summed E-state index contributed by atoms with van der Waals surface area (Å²) in [7, 11) is 0. The first-order valence-electron chi connectivity index (χ1n) is 7.84. The van der Waals surface area contributed by atoms with Gasteiger partial charge in [0.1, 0.15) is 0 Å². The SMILES string of the molecule is CCC(CCN)CCCN(CC)CC1CCCO1. The van der Waals surface area contributed by atoms with Gasteiger partial charge in [0.15, 0.2) is 0 Å². The molecule has 0 aromatic carbocycles. The van der Waals surface area contributed by atoms with Crippen molar-refractivity contribution in [2.45, 2.75) is 58.5 Å². The fourth-order valence-electron chi connectivity index (χ4n) is 2.85. The third-order valence-corrected chi connectivity index (χ3v) is 4.17. The van der Waals surface area contributed by atoms with Crippen molar-refractivity contribution < 1.29 is 4.74 Å². The van der Waals surface area contributed by atoms with Crippen molar-refractivity contribution >= 4 is 0 Å². The van der Waals surface area contributed by atoms with E-state index in [4.69, 9.17) is 10.5 Å². The van der Waals surface area contributed by atoms with E-state index in [1.54, 1.807) is 0 Å². The van der Waals surface area contributed by atoms with Gasteiger partial charge in [-0.3, -0.25) is 0 Å². The predicted molar refractivity (Wildman–Crippen MR) is 77.8 cm³/mol. The molecule has 2 N–H and O–H groups in total. The number of rotatable bonds is 10. The molecule has 0 spiro atoms. The van der Waals surface area contributed by atoms with E-state index >= 15 is 0 Å². The molecule has 108 valence electrons. The van der Waals surface area contributed by atoms with Crippen molar-refractivity contribution in [2.75, 3.05) is 32.8 Å². The molecule has 0 saturated carbocycles. The van der Waals surface area contributed by atoms with Gasteiger partial charge in [-0.05, 0) is 57.7 Å². The molecule has 1 rings (SSSR count). The quantitative estimate of drug-likeness (QED) is 0.653. The smallest absolute Gasteiger partial charge is 0.0702 e. The number of hydrogen-bond donors (Lipinski definition) is 1. The van der Waals surface area contributed by atoms with Gasteiger partial charge in [-0.15, -0.1) is 0 Å². The highest BCUT2D eigenvalue weighted by Gasteiger charge is 2.18. The van der Waals surface area contributed by atoms with Crippen LogP contribution in [0, 0.1) is 5.92 Å². The highest BCUT2D eigenvalue weighted by molar-refractivity contribution is 4.70. The van der Waals surface area contributed by atoms with Gasteiger partial charge >= 0.3 is 0 Å². The van der Waals surface area contributed by atoms with Crippen LogP contribution in [0.5, 0.6) is 0 Å². The Labute approximate surface area is 113 Å². The summed E-state index contributed by atoms with van der Waals surface area (Å²) >= 11 is 0. The van der Waals surface area contributed by atoms with Crippen LogP contribution in [0.1, 0.15) is 52.4 Å². The Morgan fingerprint density at radius 2 is 2.17 bits per heavy atom. The minimum Gasteiger partial charge on any atom is -0.377 e. The third kappa shape index (κ3) is 6.17. The van der Waals surface area contributed by atoms with E-state index in [1.807, 2.05) is 0 Å². The van der Waals surface area contributed by atoms with Crippen molar-refractivity contribution in [1.82, 2.24) is 4.90 Å². The molecule has 3 heteroatoms. The normalized spacial score (nSPS) is 21.7. The second-order valence-corrected chi connectivity index (χ2v) is 5.52. The summed E-state index contributed by atoms with van der Waals surface area (Å²) in [6, 6.07) is 0. The molecule has 2 atom stereocenters. The zero-order valence-electron chi connectivity index (χ0n) is 12.4. The maximum absolute atomic E-state index is 5.71. The first-order chi connectivity index (χ1) is 8.80. The first kappa shape index (κ1) is 15.9. The second-order valence-electron chi connectivity index (χ2n) is 5.52. The standard InChI is InChI=1S/C15H32N2O/c1-3-14(9-10-16)7-5-11-17(4-2)13-15-8-6-12-18-15/h14-15H,3-13,16H2,1-2H3. The van der Waals surface area contributed by atoms with Gasteiger partial charge in [0.25, 0.3) is 0 Å². The zero-order valence-corrected chi connectivity index (χ0v) is 12.4. The Balaban J connectivity index is 2.13. The second kappa shape index (κ2) is 9.76. The fraction of sp³-hybridized carbons (Fsp3) is 1.00. The Morgan fingerprint density at radius 1 is 1.33 bits per heavy atom. The van der Waals surface area contributed by atoms with Crippen molar-refractivity contribution in [2.24, 2.45) is 11.7 Å². The van der Waals surface area contributed by atoms with Crippen LogP contribution < -0.4 is 5.73 Å². The largest absolute Gasteiger partial charge is 0.377 e. The average Bonchev–Trinajstić information content (AvgIpc) is 2.89. The first-order valence-corrected chi connectivity index (χ1v) is 7.84. The third-order valence-electron chi connectivity index (χ3n) is 4.17. The predicted octanol–water partition coefficient (Wildman–Crippen LogP) is 2.64. The number of hydrogen-bond acceptors (Lipinski definition) is 3. The Hall–Kier alpha value is -0.120. The van der Waals surface area contributed by atoms with E-state index in [9.17, 15) is 0 Å². The molecular weight excluding hydrogens is 224 g/mol. The van der Waals surface area contributed by atoms with Gasteiger partial charge < -0.3 is 15.4 Å². The summed E-state index contributed by atoms with van der Waals surface area (Å²) in [5.74, 6) is 0.830. The van der Waals surface area contributed by atoms with Crippen molar-refractivity contribution in [3.05, 3.63) is 0 Å². The lowest BCUT2D eigenvalue weighted by atomic mass is 9.96. The molecule has 2 unspecified atom stereocenters. The maximum Gasteiger partial charge on any atom is 0.0702 e. The lowest BCUT2D eigenvalue weighted by Gasteiger charge is -2.24. The zero-order chi connectivity index (χ0) is 13.2. The summed E-state index contributed by atoms with van der Waals surface area (Å²) in [4.78, 5) is 2.55. The minimum atomic E-state index is 0.496. The summed E-state index contributed by atoms with van der Waals surface area (Å²) in [6.07, 6.45) is 8.09. The molecule has 1 saturated heterocycles. The van der Waals surface area contributed by atoms with E-state index < -0.39 is 0 Å². The molecule has 0 bridgehead atoms. The Morgan fingerprint density at radius 3 is 2.72 bits per heavy atom. The van der Waals surface area contributed by atoms with E-state index in [0.29, 0.717) is 6.10 Å². The molecule has 0 aromatic heterocycles. The summed E-state index contributed by atoms with van der Waals surface area (Å²) in [5.41, 5.74) is 5.64. The van der Waals surface area contributed by atoms with E-state index in [-0.39, 0.29) is 0 Å². The van der Waals surface area contributed by atoms with Gasteiger partial charge in [-0.25, -0.2) is 0 Å². The monoisotopic (exact) mass is 256 g/mol. The topological polar surface area (TPSA) is 38.5 Å². The fourth-order valence-corrected chi connectivity index (χ4v) is 2.85. The van der Waals surface area contributed by atoms with Crippen LogP contribution in [0.15, 0.2) is 0 Å². The molecule has 0 amide bonds. The molecule has 1 aliphatic rings. The highest BCUT2D eigenvalue weighted by Crippen LogP contribution is 2.16. The van der Waals surface area contributed by atoms with Gasteiger partial charge in [0, 0.05) is 13.2 Å². The Kier molecular flexibility index (Phi) is 8.64. The lowest BCUT2D eigenvalue weighted by Crippen LogP contribution is -2.33. The van der Waals surface area contributed by atoms with Crippen molar-refractivity contribution in [3.8, 4) is 0 Å². The van der Waals surface area contributed by atoms with Crippen LogP contribution in [0.4, 0.5) is 0 Å². The van der Waals surface area contributed by atoms with E-state index in [1.165, 1.54) is 45.1 Å². The van der Waals surface area contributed by atoms with Crippen molar-refractivity contribution in [1.29, 1.82) is 0 Å². The highest BCUT2D eigenvalue weighted by atomic mass is 16.5. The molecule has 1 fully saturated rings. The van der Waals surface area contributed by atoms with Gasteiger partial charge in [0.2, 0.25) is 0 Å². The van der Waals surface area contributed by atoms with Gasteiger partial charge in [0.05, 0.1) is 6.10 Å². The molecule has 1 heterocycles. The molecule has 0 aromatic rings. The van der Waals surface area contributed by atoms with Gasteiger partial charge in [-0.1, -0.05) is 20.3 Å². The van der Waals surface area contributed by atoms with Crippen LogP contribution in [0.2, 0.25) is 0 Å². The van der Waals surface area contributed by atoms with E-state index in [0.717, 1.165) is 32.2 Å². The van der Waals surface area contributed by atoms with Gasteiger partial charge in [-0.2, -0.15) is 0 Å². The lowest BCUT2D eigenvalue weighted by molar-refractivity contribution is 0.0738. The maximum atomic E-state index is 5.71. The summed E-state index contributed by atoms with van der Waals surface area (Å²) in [5, 5.41) is 0. The van der Waals surface area contributed by atoms with Crippen LogP contribution >= 0.6 is 0 Å².